The predicted octanol–water partition coefficient (Wildman–Crippen LogP) is 4.42. The molecule has 2 amide bonds. The van der Waals surface area contributed by atoms with E-state index in [1.807, 2.05) is 0 Å². The summed E-state index contributed by atoms with van der Waals surface area (Å²) in [5.74, 6) is -3.00. The number of likely N-dealkylation sites (N-methyl/N-ethyl adjacent to an activating group) is 1. The van der Waals surface area contributed by atoms with E-state index in [1.54, 1.807) is 17.8 Å². The molecule has 0 saturated carbocycles. The Morgan fingerprint density at radius 2 is 2.05 bits per heavy atom. The molecule has 14 heteroatoms. The van der Waals surface area contributed by atoms with Crippen LogP contribution in [0.2, 0.25) is 0 Å². The Labute approximate surface area is 226 Å². The molecule has 0 bridgehead atoms. The molecule has 2 unspecified atom stereocenters. The smallest absolute Gasteiger partial charge is 0.383 e. The molecule has 1 aliphatic rings. The number of ether oxygens (including phenoxy) is 1. The van der Waals surface area contributed by atoms with Crippen LogP contribution in [0.3, 0.4) is 0 Å². The summed E-state index contributed by atoms with van der Waals surface area (Å²) in [6.07, 6.45) is 0.615. The van der Waals surface area contributed by atoms with Gasteiger partial charge in [-0.05, 0) is 45.2 Å². The Bertz CT molecular complexity index is 1330. The van der Waals surface area contributed by atoms with E-state index in [9.17, 15) is 27.2 Å². The van der Waals surface area contributed by atoms with Gasteiger partial charge in [0.05, 0.1) is 28.9 Å². The van der Waals surface area contributed by atoms with Crippen molar-refractivity contribution in [1.29, 1.82) is 0 Å². The van der Waals surface area contributed by atoms with Crippen molar-refractivity contribution in [2.24, 2.45) is 0 Å². The molecule has 1 aromatic carbocycles. The maximum atomic E-state index is 14.5. The number of rotatable bonds is 5. The largest absolute Gasteiger partial charge is 0.416 e. The molecule has 1 radical (unpaired) electrons. The van der Waals surface area contributed by atoms with Crippen LogP contribution in [0.4, 0.5) is 29.1 Å². The van der Waals surface area contributed by atoms with Crippen molar-refractivity contribution >= 4 is 34.2 Å². The Kier molecular flexibility index (Phi) is 9.01. The Morgan fingerprint density at radius 3 is 2.66 bits per heavy atom. The number of aromatic nitrogens is 3. The van der Waals surface area contributed by atoms with E-state index >= 15 is 0 Å². The number of carbonyl (C=O) groups is 2. The molecule has 209 valence electrons. The van der Waals surface area contributed by atoms with Crippen molar-refractivity contribution in [2.75, 3.05) is 24.2 Å². The number of nitrogens with two attached hydrogens (primary N) is 1. The number of anilines is 2. The standard InChI is InChI=1S/C24H26F4N6O3.Cu/c1-3-33(13(2)15-8-7-14(10-17(15)25)24(26,27)28)23(36)22(35)31-18-11-30-21(29)16-12-34(32-20(16)18)19-6-4-5-9-37-19;/h7-8,10-13,19H,3-6,9H2,1-2H3,(H2,29,30)(H,31,35);. The molecule has 3 N–H and O–H groups in total. The molecular weight excluding hydrogens is 560 g/mol. The van der Waals surface area contributed by atoms with Gasteiger partial charge in [-0.3, -0.25) is 9.59 Å². The van der Waals surface area contributed by atoms with Crippen LogP contribution in [-0.4, -0.2) is 44.6 Å². The zero-order chi connectivity index (χ0) is 26.9. The van der Waals surface area contributed by atoms with Gasteiger partial charge in [-0.15, -0.1) is 0 Å². The van der Waals surface area contributed by atoms with Crippen LogP contribution in [0.15, 0.2) is 30.6 Å². The van der Waals surface area contributed by atoms with Crippen molar-refractivity contribution in [2.45, 2.75) is 51.6 Å². The fourth-order valence-electron chi connectivity index (χ4n) is 4.32. The van der Waals surface area contributed by atoms with Crippen LogP contribution < -0.4 is 11.1 Å². The number of nitrogens with zero attached hydrogens (tertiary/aromatic N) is 4. The molecule has 38 heavy (non-hydrogen) atoms. The maximum absolute atomic E-state index is 14.5. The van der Waals surface area contributed by atoms with Crippen molar-refractivity contribution in [3.63, 3.8) is 0 Å². The summed E-state index contributed by atoms with van der Waals surface area (Å²) in [4.78, 5) is 31.0. The molecule has 1 aliphatic heterocycles. The number of fused-ring (bicyclic) bond motifs is 1. The summed E-state index contributed by atoms with van der Waals surface area (Å²) in [6.45, 7) is 3.59. The quantitative estimate of drug-likeness (QED) is 0.260. The zero-order valence-corrected chi connectivity index (χ0v) is 21.4. The second kappa shape index (κ2) is 11.7. The van der Waals surface area contributed by atoms with E-state index in [1.165, 1.54) is 13.1 Å². The molecule has 2 atom stereocenters. The van der Waals surface area contributed by atoms with Crippen LogP contribution in [0.5, 0.6) is 0 Å². The minimum atomic E-state index is -4.71. The summed E-state index contributed by atoms with van der Waals surface area (Å²) in [7, 11) is 0. The van der Waals surface area contributed by atoms with Crippen LogP contribution in [0.25, 0.3) is 10.9 Å². The van der Waals surface area contributed by atoms with Gasteiger partial charge in [0.25, 0.3) is 0 Å². The number of hydrogen-bond donors (Lipinski definition) is 2. The van der Waals surface area contributed by atoms with Crippen LogP contribution >= 0.6 is 0 Å². The minimum absolute atomic E-state index is 0. The molecule has 2 aromatic heterocycles. The first-order valence-corrected chi connectivity index (χ1v) is 11.7. The van der Waals surface area contributed by atoms with E-state index in [2.05, 4.69) is 15.4 Å². The van der Waals surface area contributed by atoms with Gasteiger partial charge in [0.2, 0.25) is 0 Å². The summed E-state index contributed by atoms with van der Waals surface area (Å²) < 4.78 is 60.6. The molecule has 9 nitrogen and oxygen atoms in total. The monoisotopic (exact) mass is 585 g/mol. The van der Waals surface area contributed by atoms with Crippen LogP contribution in [0.1, 0.15) is 56.5 Å². The van der Waals surface area contributed by atoms with E-state index in [-0.39, 0.29) is 46.9 Å². The van der Waals surface area contributed by atoms with Gasteiger partial charge in [-0.2, -0.15) is 18.3 Å². The van der Waals surface area contributed by atoms with Gasteiger partial charge in [0.1, 0.15) is 23.4 Å². The Morgan fingerprint density at radius 1 is 1.32 bits per heavy atom. The molecule has 4 rings (SSSR count). The molecule has 3 aromatic rings. The summed E-state index contributed by atoms with van der Waals surface area (Å²) in [5, 5.41) is 7.44. The minimum Gasteiger partial charge on any atom is -0.383 e. The van der Waals surface area contributed by atoms with E-state index in [4.69, 9.17) is 10.5 Å². The van der Waals surface area contributed by atoms with Crippen molar-refractivity contribution in [3.8, 4) is 0 Å². The number of halogens is 4. The molecule has 1 saturated heterocycles. The first kappa shape index (κ1) is 29.3. The average Bonchev–Trinajstić information content (AvgIpc) is 3.32. The number of hydrogen-bond acceptors (Lipinski definition) is 6. The first-order chi connectivity index (χ1) is 17.5. The van der Waals surface area contributed by atoms with Crippen molar-refractivity contribution in [1.82, 2.24) is 19.7 Å². The molecule has 3 heterocycles. The topological polar surface area (TPSA) is 115 Å². The van der Waals surface area contributed by atoms with E-state index in [0.29, 0.717) is 23.6 Å². The third-order valence-electron chi connectivity index (χ3n) is 6.34. The third kappa shape index (κ3) is 5.92. The van der Waals surface area contributed by atoms with Gasteiger partial charge in [-0.1, -0.05) is 6.07 Å². The fraction of sp³-hybridized carbons (Fsp3) is 0.417. The van der Waals surface area contributed by atoms with Gasteiger partial charge in [-0.25, -0.2) is 14.1 Å². The number of nitrogen functional groups attached to an aromatic ring is 1. The number of amides is 2. The molecule has 0 spiro atoms. The predicted molar refractivity (Wildman–Crippen MR) is 127 cm³/mol. The number of pyridine rings is 1. The van der Waals surface area contributed by atoms with Crippen molar-refractivity contribution < 1.29 is 49.0 Å². The van der Waals surface area contributed by atoms with Gasteiger partial charge in [0.15, 0.2) is 0 Å². The molecule has 1 fully saturated rings. The number of alkyl halides is 3. The summed E-state index contributed by atoms with van der Waals surface area (Å²) in [6, 6.07) is 1.05. The number of benzene rings is 1. The maximum Gasteiger partial charge on any atom is 0.416 e. The second-order valence-electron chi connectivity index (χ2n) is 8.71. The van der Waals surface area contributed by atoms with Gasteiger partial charge < -0.3 is 20.7 Å². The average molecular weight is 586 g/mol. The Balaban J connectivity index is 0.00000400. The van der Waals surface area contributed by atoms with Crippen molar-refractivity contribution in [3.05, 3.63) is 47.5 Å². The van der Waals surface area contributed by atoms with Crippen LogP contribution in [0, 0.1) is 5.82 Å². The van der Waals surface area contributed by atoms with E-state index in [0.717, 1.165) is 36.3 Å². The normalized spacial score (nSPS) is 16.5. The zero-order valence-electron chi connectivity index (χ0n) is 20.5. The van der Waals surface area contributed by atoms with Crippen LogP contribution in [-0.2, 0) is 37.6 Å². The van der Waals surface area contributed by atoms with E-state index < -0.39 is 35.4 Å². The SMILES string of the molecule is CCN(C(=O)C(=O)Nc1cnc(N)c2cn(C3CCCCO3)nc12)C(C)c1ccc(C(F)(F)F)cc1F.[Cu]. The number of nitrogens with one attached hydrogen (secondary N) is 1. The first-order valence-electron chi connectivity index (χ1n) is 11.7. The Hall–Kier alpha value is -3.22. The second-order valence-corrected chi connectivity index (χ2v) is 8.71. The molecular formula is C24H26CuF4N6O3. The summed E-state index contributed by atoms with van der Waals surface area (Å²) >= 11 is 0. The third-order valence-corrected chi connectivity index (χ3v) is 6.34. The molecule has 0 aliphatic carbocycles. The summed E-state index contributed by atoms with van der Waals surface area (Å²) in [5.41, 5.74) is 5.14. The van der Waals surface area contributed by atoms with Gasteiger partial charge >= 0.3 is 18.0 Å². The fourth-order valence-corrected chi connectivity index (χ4v) is 4.32. The number of carbonyl (C=O) groups excluding carboxylic acids is 2. The van der Waals surface area contributed by atoms with Gasteiger partial charge in [0, 0.05) is 42.0 Å².